The second kappa shape index (κ2) is 6.04. The first-order valence-corrected chi connectivity index (χ1v) is 6.52. The summed E-state index contributed by atoms with van der Waals surface area (Å²) in [6.07, 6.45) is 0. The predicted molar refractivity (Wildman–Crippen MR) is 81.1 cm³/mol. The molecule has 2 rings (SSSR count). The van der Waals surface area contributed by atoms with Crippen molar-refractivity contribution >= 4 is 50.5 Å². The van der Waals surface area contributed by atoms with Gasteiger partial charge in [0.25, 0.3) is 0 Å². The lowest BCUT2D eigenvalue weighted by Crippen LogP contribution is -2.10. The van der Waals surface area contributed by atoms with E-state index in [1.54, 1.807) is 18.2 Å². The Balaban J connectivity index is 2.40. The van der Waals surface area contributed by atoms with Crippen LogP contribution in [0.5, 0.6) is 0 Å². The summed E-state index contributed by atoms with van der Waals surface area (Å²) in [7, 11) is 0. The van der Waals surface area contributed by atoms with Crippen LogP contribution in [0.1, 0.15) is 0 Å². The Hall–Kier alpha value is -1.90. The summed E-state index contributed by atoms with van der Waals surface area (Å²) in [6, 6.07) is 7.76. The number of benzene rings is 1. The smallest absolute Gasteiger partial charge is 0.311 e. The van der Waals surface area contributed by atoms with Gasteiger partial charge in [-0.1, -0.05) is 11.6 Å². The third-order valence-corrected chi connectivity index (χ3v) is 3.61. The molecule has 104 valence electrons. The van der Waals surface area contributed by atoms with E-state index in [9.17, 15) is 10.1 Å². The SMILES string of the molecule is NNc1ccc([N+](=O)[O-])c(Nc2ccc(Cl)c(Br)c2)n1. The third-order valence-electron chi connectivity index (χ3n) is 2.40. The highest BCUT2D eigenvalue weighted by Crippen LogP contribution is 2.30. The van der Waals surface area contributed by atoms with Crippen molar-refractivity contribution in [1.82, 2.24) is 4.98 Å². The largest absolute Gasteiger partial charge is 0.334 e. The number of nitrogens with zero attached hydrogens (tertiary/aromatic N) is 2. The zero-order valence-corrected chi connectivity index (χ0v) is 12.3. The van der Waals surface area contributed by atoms with Crippen molar-refractivity contribution in [2.45, 2.75) is 0 Å². The maximum atomic E-state index is 11.0. The van der Waals surface area contributed by atoms with Gasteiger partial charge in [0, 0.05) is 16.2 Å². The van der Waals surface area contributed by atoms with Gasteiger partial charge in [0.2, 0.25) is 5.82 Å². The molecule has 0 saturated heterocycles. The number of aromatic nitrogens is 1. The number of nitrogen functional groups attached to an aromatic ring is 1. The van der Waals surface area contributed by atoms with E-state index in [0.29, 0.717) is 21.0 Å². The Morgan fingerprint density at radius 1 is 1.35 bits per heavy atom. The van der Waals surface area contributed by atoms with E-state index >= 15 is 0 Å². The summed E-state index contributed by atoms with van der Waals surface area (Å²) in [5.74, 6) is 5.64. The van der Waals surface area contributed by atoms with Gasteiger partial charge in [-0.15, -0.1) is 0 Å². The molecule has 0 bridgehead atoms. The third kappa shape index (κ3) is 3.16. The highest BCUT2D eigenvalue weighted by atomic mass is 79.9. The number of halogens is 2. The number of rotatable bonds is 4. The fourth-order valence-corrected chi connectivity index (χ4v) is 1.98. The summed E-state index contributed by atoms with van der Waals surface area (Å²) < 4.78 is 0.667. The van der Waals surface area contributed by atoms with E-state index in [1.165, 1.54) is 12.1 Å². The monoisotopic (exact) mass is 357 g/mol. The first-order chi connectivity index (χ1) is 9.51. The highest BCUT2D eigenvalue weighted by molar-refractivity contribution is 9.10. The van der Waals surface area contributed by atoms with Crippen molar-refractivity contribution in [1.29, 1.82) is 0 Å². The lowest BCUT2D eigenvalue weighted by atomic mass is 10.3. The Morgan fingerprint density at radius 3 is 2.70 bits per heavy atom. The van der Waals surface area contributed by atoms with Gasteiger partial charge in [-0.05, 0) is 40.2 Å². The Morgan fingerprint density at radius 2 is 2.10 bits per heavy atom. The Labute approximate surface area is 127 Å². The maximum Gasteiger partial charge on any atom is 0.311 e. The molecule has 1 aromatic heterocycles. The van der Waals surface area contributed by atoms with Gasteiger partial charge in [0.1, 0.15) is 5.82 Å². The number of pyridine rings is 1. The van der Waals surface area contributed by atoms with E-state index in [-0.39, 0.29) is 11.5 Å². The van der Waals surface area contributed by atoms with Gasteiger partial charge < -0.3 is 10.7 Å². The molecular weight excluding hydrogens is 350 g/mol. The molecule has 0 fully saturated rings. The number of hydrazine groups is 1. The molecule has 0 atom stereocenters. The predicted octanol–water partition coefficient (Wildman–Crippen LogP) is 3.43. The summed E-state index contributed by atoms with van der Waals surface area (Å²) in [4.78, 5) is 14.5. The van der Waals surface area contributed by atoms with Gasteiger partial charge in [0.15, 0.2) is 0 Å². The minimum Gasteiger partial charge on any atom is -0.334 e. The molecule has 0 aliphatic rings. The number of nitrogens with two attached hydrogens (primary N) is 1. The van der Waals surface area contributed by atoms with Crippen LogP contribution >= 0.6 is 27.5 Å². The maximum absolute atomic E-state index is 11.0. The standard InChI is InChI=1S/C11H9BrClN5O2/c12-7-5-6(1-2-8(7)13)15-11-9(18(19)20)3-4-10(16-11)17-14/h1-5H,14H2,(H2,15,16,17). The normalized spacial score (nSPS) is 10.2. The minimum atomic E-state index is -0.527. The number of hydrogen-bond acceptors (Lipinski definition) is 6. The first kappa shape index (κ1) is 14.5. The molecule has 0 amide bonds. The lowest BCUT2D eigenvalue weighted by Gasteiger charge is -2.08. The minimum absolute atomic E-state index is 0.0830. The van der Waals surface area contributed by atoms with Crippen LogP contribution in [-0.4, -0.2) is 9.91 Å². The van der Waals surface area contributed by atoms with Gasteiger partial charge in [0.05, 0.1) is 9.95 Å². The van der Waals surface area contributed by atoms with Crippen molar-refractivity contribution < 1.29 is 4.92 Å². The van der Waals surface area contributed by atoms with Crippen molar-refractivity contribution in [3.8, 4) is 0 Å². The summed E-state index contributed by atoms with van der Waals surface area (Å²) in [6.45, 7) is 0. The van der Waals surface area contributed by atoms with E-state index in [2.05, 4.69) is 31.7 Å². The van der Waals surface area contributed by atoms with Gasteiger partial charge in [-0.2, -0.15) is 0 Å². The average molecular weight is 359 g/mol. The van der Waals surface area contributed by atoms with Crippen molar-refractivity contribution in [2.75, 3.05) is 10.7 Å². The lowest BCUT2D eigenvalue weighted by molar-refractivity contribution is -0.384. The molecule has 9 heteroatoms. The van der Waals surface area contributed by atoms with Crippen LogP contribution in [0.15, 0.2) is 34.8 Å². The molecule has 0 aliphatic carbocycles. The molecule has 4 N–H and O–H groups in total. The number of hydrogen-bond donors (Lipinski definition) is 3. The van der Waals surface area contributed by atoms with Crippen LogP contribution in [-0.2, 0) is 0 Å². The number of nitrogens with one attached hydrogen (secondary N) is 2. The number of nitro groups is 1. The molecule has 1 heterocycles. The zero-order valence-electron chi connectivity index (χ0n) is 9.93. The van der Waals surface area contributed by atoms with Crippen LogP contribution < -0.4 is 16.6 Å². The average Bonchev–Trinajstić information content (AvgIpc) is 2.42. The fraction of sp³-hybridized carbons (Fsp3) is 0. The second-order valence-corrected chi connectivity index (χ2v) is 4.98. The summed E-state index contributed by atoms with van der Waals surface area (Å²) in [5.41, 5.74) is 2.78. The molecule has 2 aromatic rings. The Bertz CT molecular complexity index is 667. The highest BCUT2D eigenvalue weighted by Gasteiger charge is 2.16. The van der Waals surface area contributed by atoms with E-state index in [4.69, 9.17) is 17.4 Å². The second-order valence-electron chi connectivity index (χ2n) is 3.72. The zero-order chi connectivity index (χ0) is 14.7. The molecule has 1 aromatic carbocycles. The van der Waals surface area contributed by atoms with Gasteiger partial charge in [-0.25, -0.2) is 10.8 Å². The van der Waals surface area contributed by atoms with E-state index < -0.39 is 4.92 Å². The Kier molecular flexibility index (Phi) is 4.38. The number of anilines is 3. The quantitative estimate of drug-likeness (QED) is 0.439. The van der Waals surface area contributed by atoms with Crippen molar-refractivity contribution in [3.05, 3.63) is 49.9 Å². The molecular formula is C11H9BrClN5O2. The molecule has 0 radical (unpaired) electrons. The van der Waals surface area contributed by atoms with Crippen LogP contribution in [0, 0.1) is 10.1 Å². The molecule has 20 heavy (non-hydrogen) atoms. The van der Waals surface area contributed by atoms with Crippen LogP contribution in [0.3, 0.4) is 0 Å². The first-order valence-electron chi connectivity index (χ1n) is 5.35. The van der Waals surface area contributed by atoms with Crippen molar-refractivity contribution in [3.63, 3.8) is 0 Å². The van der Waals surface area contributed by atoms with Crippen LogP contribution in [0.4, 0.5) is 23.0 Å². The summed E-state index contributed by atoms with van der Waals surface area (Å²) in [5, 5.41) is 14.4. The molecule has 0 saturated carbocycles. The summed E-state index contributed by atoms with van der Waals surface area (Å²) >= 11 is 9.16. The van der Waals surface area contributed by atoms with Gasteiger partial charge in [-0.3, -0.25) is 10.1 Å². The van der Waals surface area contributed by atoms with E-state index in [1.807, 2.05) is 0 Å². The molecule has 0 spiro atoms. The molecule has 7 nitrogen and oxygen atoms in total. The molecule has 0 aliphatic heterocycles. The van der Waals surface area contributed by atoms with Crippen LogP contribution in [0.2, 0.25) is 5.02 Å². The van der Waals surface area contributed by atoms with Crippen LogP contribution in [0.25, 0.3) is 0 Å². The molecule has 0 unspecified atom stereocenters. The fourth-order valence-electron chi connectivity index (χ4n) is 1.48. The van der Waals surface area contributed by atoms with Crippen molar-refractivity contribution in [2.24, 2.45) is 5.84 Å². The van der Waals surface area contributed by atoms with Gasteiger partial charge >= 0.3 is 5.69 Å². The topological polar surface area (TPSA) is 106 Å². The van der Waals surface area contributed by atoms with E-state index in [0.717, 1.165) is 0 Å².